The zero-order chi connectivity index (χ0) is 13.4. The Balaban J connectivity index is 2.32. The number of unbranched alkanes of at least 4 members (excludes halogenated alkanes) is 1. The van der Waals surface area contributed by atoms with Gasteiger partial charge >= 0.3 is 0 Å². The highest BCUT2D eigenvalue weighted by Crippen LogP contribution is 2.10. The minimum Gasteiger partial charge on any atom is -0.355 e. The molecule has 0 bridgehead atoms. The van der Waals surface area contributed by atoms with E-state index in [1.807, 2.05) is 0 Å². The smallest absolute Gasteiger partial charge is 0.251 e. The van der Waals surface area contributed by atoms with E-state index in [2.05, 4.69) is 33.5 Å². The first kappa shape index (κ1) is 14.7. The Morgan fingerprint density at radius 1 is 1.17 bits per heavy atom. The molecular formula is C13H17BrN2O2. The number of carbonyl (C=O) groups excluding carboxylic acids is 2. The van der Waals surface area contributed by atoms with E-state index in [1.165, 1.54) is 0 Å². The second-order valence-electron chi connectivity index (χ2n) is 3.89. The van der Waals surface area contributed by atoms with Gasteiger partial charge in [-0.05, 0) is 30.7 Å². The van der Waals surface area contributed by atoms with Gasteiger partial charge in [-0.15, -0.1) is 0 Å². The summed E-state index contributed by atoms with van der Waals surface area (Å²) in [7, 11) is 0. The van der Waals surface area contributed by atoms with Gasteiger partial charge in [0.05, 0.1) is 6.54 Å². The highest BCUT2D eigenvalue weighted by molar-refractivity contribution is 9.10. The van der Waals surface area contributed by atoms with Crippen molar-refractivity contribution >= 4 is 27.7 Å². The van der Waals surface area contributed by atoms with Gasteiger partial charge in [0.15, 0.2) is 0 Å². The van der Waals surface area contributed by atoms with Gasteiger partial charge in [-0.25, -0.2) is 0 Å². The fraction of sp³-hybridized carbons (Fsp3) is 0.385. The average Bonchev–Trinajstić information content (AvgIpc) is 2.37. The Bertz CT molecular complexity index is 404. The normalized spacial score (nSPS) is 9.89. The maximum Gasteiger partial charge on any atom is 0.251 e. The van der Waals surface area contributed by atoms with Crippen molar-refractivity contribution in [3.05, 3.63) is 34.3 Å². The van der Waals surface area contributed by atoms with Crippen LogP contribution < -0.4 is 10.6 Å². The van der Waals surface area contributed by atoms with Crippen molar-refractivity contribution in [1.29, 1.82) is 0 Å². The molecule has 0 spiro atoms. The zero-order valence-corrected chi connectivity index (χ0v) is 11.9. The van der Waals surface area contributed by atoms with Crippen molar-refractivity contribution in [2.75, 3.05) is 13.1 Å². The lowest BCUT2D eigenvalue weighted by atomic mass is 10.2. The van der Waals surface area contributed by atoms with E-state index in [4.69, 9.17) is 0 Å². The number of amides is 2. The highest BCUT2D eigenvalue weighted by atomic mass is 79.9. The largest absolute Gasteiger partial charge is 0.355 e. The summed E-state index contributed by atoms with van der Waals surface area (Å²) >= 11 is 3.30. The first-order valence-corrected chi connectivity index (χ1v) is 6.73. The molecule has 0 unspecified atom stereocenters. The Hall–Kier alpha value is -1.36. The molecule has 0 aliphatic heterocycles. The summed E-state index contributed by atoms with van der Waals surface area (Å²) in [6, 6.07) is 6.98. The standard InChI is InChI=1S/C13H17BrN2O2/c1-2-3-8-15-12(17)9-16-13(18)10-4-6-11(14)7-5-10/h4-7H,2-3,8-9H2,1H3,(H,15,17)(H,16,18). The van der Waals surface area contributed by atoms with E-state index in [-0.39, 0.29) is 18.4 Å². The summed E-state index contributed by atoms with van der Waals surface area (Å²) in [6.45, 7) is 2.73. The molecule has 0 fully saturated rings. The maximum absolute atomic E-state index is 11.7. The lowest BCUT2D eigenvalue weighted by Crippen LogP contribution is -2.37. The highest BCUT2D eigenvalue weighted by Gasteiger charge is 2.07. The minimum atomic E-state index is -0.242. The topological polar surface area (TPSA) is 58.2 Å². The van der Waals surface area contributed by atoms with Crippen molar-refractivity contribution in [2.24, 2.45) is 0 Å². The second kappa shape index (κ2) is 7.87. The van der Waals surface area contributed by atoms with Gasteiger partial charge in [0.1, 0.15) is 0 Å². The van der Waals surface area contributed by atoms with Crippen LogP contribution in [-0.4, -0.2) is 24.9 Å². The Morgan fingerprint density at radius 2 is 1.83 bits per heavy atom. The number of hydrogen-bond acceptors (Lipinski definition) is 2. The molecule has 0 aromatic heterocycles. The molecule has 0 aliphatic rings. The van der Waals surface area contributed by atoms with Crippen LogP contribution in [0.1, 0.15) is 30.1 Å². The van der Waals surface area contributed by atoms with Gasteiger partial charge in [0.25, 0.3) is 5.91 Å². The average molecular weight is 313 g/mol. The Kier molecular flexibility index (Phi) is 6.43. The molecule has 5 heteroatoms. The molecule has 0 radical (unpaired) electrons. The molecule has 18 heavy (non-hydrogen) atoms. The number of rotatable bonds is 6. The van der Waals surface area contributed by atoms with Crippen LogP contribution in [0.3, 0.4) is 0 Å². The number of benzene rings is 1. The van der Waals surface area contributed by atoms with Crippen LogP contribution in [-0.2, 0) is 4.79 Å². The van der Waals surface area contributed by atoms with Crippen molar-refractivity contribution in [3.8, 4) is 0 Å². The fourth-order valence-electron chi connectivity index (χ4n) is 1.33. The monoisotopic (exact) mass is 312 g/mol. The van der Waals surface area contributed by atoms with E-state index in [0.717, 1.165) is 17.3 Å². The van der Waals surface area contributed by atoms with Crippen molar-refractivity contribution in [3.63, 3.8) is 0 Å². The third-order valence-electron chi connectivity index (χ3n) is 2.37. The maximum atomic E-state index is 11.7. The van der Waals surface area contributed by atoms with Crippen LogP contribution in [0.15, 0.2) is 28.7 Å². The molecular weight excluding hydrogens is 296 g/mol. The second-order valence-corrected chi connectivity index (χ2v) is 4.81. The van der Waals surface area contributed by atoms with Gasteiger partial charge in [-0.2, -0.15) is 0 Å². The molecule has 0 atom stereocenters. The Labute approximate surface area is 115 Å². The molecule has 98 valence electrons. The number of carbonyl (C=O) groups is 2. The summed E-state index contributed by atoms with van der Waals surface area (Å²) < 4.78 is 0.913. The predicted molar refractivity (Wildman–Crippen MR) is 74.4 cm³/mol. The van der Waals surface area contributed by atoms with Gasteiger partial charge in [-0.3, -0.25) is 9.59 Å². The van der Waals surface area contributed by atoms with Crippen LogP contribution in [0, 0.1) is 0 Å². The van der Waals surface area contributed by atoms with Gasteiger partial charge in [0.2, 0.25) is 5.91 Å². The molecule has 1 rings (SSSR count). The number of hydrogen-bond donors (Lipinski definition) is 2. The molecule has 4 nitrogen and oxygen atoms in total. The van der Waals surface area contributed by atoms with Crippen LogP contribution >= 0.6 is 15.9 Å². The van der Waals surface area contributed by atoms with E-state index >= 15 is 0 Å². The number of halogens is 1. The van der Waals surface area contributed by atoms with E-state index < -0.39 is 0 Å². The van der Waals surface area contributed by atoms with Crippen molar-refractivity contribution in [1.82, 2.24) is 10.6 Å². The van der Waals surface area contributed by atoms with E-state index in [9.17, 15) is 9.59 Å². The van der Waals surface area contributed by atoms with Crippen LogP contribution in [0.25, 0.3) is 0 Å². The Morgan fingerprint density at radius 3 is 2.44 bits per heavy atom. The first-order chi connectivity index (χ1) is 8.63. The third-order valence-corrected chi connectivity index (χ3v) is 2.90. The van der Waals surface area contributed by atoms with E-state index in [0.29, 0.717) is 12.1 Å². The zero-order valence-electron chi connectivity index (χ0n) is 10.3. The summed E-state index contributed by atoms with van der Waals surface area (Å²) in [5.74, 6) is -0.401. The molecule has 0 saturated heterocycles. The van der Waals surface area contributed by atoms with Crippen molar-refractivity contribution in [2.45, 2.75) is 19.8 Å². The minimum absolute atomic E-state index is 0.0125. The lowest BCUT2D eigenvalue weighted by Gasteiger charge is -2.06. The molecule has 0 heterocycles. The first-order valence-electron chi connectivity index (χ1n) is 5.94. The molecule has 2 amide bonds. The van der Waals surface area contributed by atoms with Crippen LogP contribution in [0.2, 0.25) is 0 Å². The summed E-state index contributed by atoms with van der Waals surface area (Å²) in [4.78, 5) is 23.1. The molecule has 2 N–H and O–H groups in total. The fourth-order valence-corrected chi connectivity index (χ4v) is 1.60. The predicted octanol–water partition coefficient (Wildman–Crippen LogP) is 2.10. The SMILES string of the molecule is CCCCNC(=O)CNC(=O)c1ccc(Br)cc1. The number of nitrogens with one attached hydrogen (secondary N) is 2. The lowest BCUT2D eigenvalue weighted by molar-refractivity contribution is -0.120. The molecule has 1 aromatic rings. The van der Waals surface area contributed by atoms with Gasteiger partial charge in [0, 0.05) is 16.6 Å². The molecule has 0 aliphatic carbocycles. The third kappa shape index (κ3) is 5.31. The van der Waals surface area contributed by atoms with Crippen LogP contribution in [0.4, 0.5) is 0 Å². The van der Waals surface area contributed by atoms with Gasteiger partial charge < -0.3 is 10.6 Å². The van der Waals surface area contributed by atoms with Gasteiger partial charge in [-0.1, -0.05) is 29.3 Å². The summed E-state index contributed by atoms with van der Waals surface area (Å²) in [5.41, 5.74) is 0.541. The summed E-state index contributed by atoms with van der Waals surface area (Å²) in [6.07, 6.45) is 1.98. The summed E-state index contributed by atoms with van der Waals surface area (Å²) in [5, 5.41) is 5.32. The quantitative estimate of drug-likeness (QED) is 0.790. The van der Waals surface area contributed by atoms with Crippen molar-refractivity contribution < 1.29 is 9.59 Å². The molecule has 0 saturated carbocycles. The van der Waals surface area contributed by atoms with E-state index in [1.54, 1.807) is 24.3 Å². The molecule has 1 aromatic carbocycles. The van der Waals surface area contributed by atoms with Crippen LogP contribution in [0.5, 0.6) is 0 Å².